The second-order valence-electron chi connectivity index (χ2n) is 15.5. The molecule has 0 fully saturated rings. The van der Waals surface area contributed by atoms with Gasteiger partial charge in [0.2, 0.25) is 0 Å². The van der Waals surface area contributed by atoms with Gasteiger partial charge in [0.1, 0.15) is 0 Å². The molecule has 4 heteroatoms. The van der Waals surface area contributed by atoms with Crippen LogP contribution in [0.5, 0.6) is 0 Å². The average molecular weight is 791 g/mol. The number of benzene rings is 9. The van der Waals surface area contributed by atoms with Gasteiger partial charge in [-0.1, -0.05) is 200 Å². The smallest absolute Gasteiger partial charge is 0.164 e. The Balaban J connectivity index is 0.928. The first-order valence-electron chi connectivity index (χ1n) is 20.9. The fourth-order valence-corrected chi connectivity index (χ4v) is 8.36. The third-order valence-corrected chi connectivity index (χ3v) is 11.6. The fraction of sp³-hybridized carbons (Fsp3) is 0. The number of fused-ring (bicyclic) bond motifs is 3. The normalized spacial score (nSPS) is 11.2. The predicted octanol–water partition coefficient (Wildman–Crippen LogP) is 14.9. The van der Waals surface area contributed by atoms with Crippen LogP contribution in [0.2, 0.25) is 0 Å². The molecule has 0 aliphatic carbocycles. The number of hydrogen-bond donors (Lipinski definition) is 0. The van der Waals surface area contributed by atoms with Crippen LogP contribution in [0.25, 0.3) is 111 Å². The second-order valence-corrected chi connectivity index (χ2v) is 15.5. The molecule has 0 aliphatic rings. The van der Waals surface area contributed by atoms with Crippen LogP contribution in [-0.4, -0.2) is 19.9 Å². The van der Waals surface area contributed by atoms with Crippen LogP contribution in [0.1, 0.15) is 0 Å². The molecule has 11 aromatic rings. The summed E-state index contributed by atoms with van der Waals surface area (Å²) < 4.78 is 0. The van der Waals surface area contributed by atoms with E-state index in [-0.39, 0.29) is 0 Å². The van der Waals surface area contributed by atoms with Crippen molar-refractivity contribution in [1.29, 1.82) is 0 Å². The lowest BCUT2D eigenvalue weighted by atomic mass is 9.93. The van der Waals surface area contributed by atoms with E-state index in [2.05, 4.69) is 206 Å². The first-order chi connectivity index (χ1) is 30.7. The molecule has 290 valence electrons. The Labute approximate surface area is 360 Å². The molecule has 2 heterocycles. The molecule has 0 N–H and O–H groups in total. The van der Waals surface area contributed by atoms with E-state index >= 15 is 0 Å². The highest BCUT2D eigenvalue weighted by molar-refractivity contribution is 6.12. The molecule has 2 aromatic heterocycles. The van der Waals surface area contributed by atoms with Crippen molar-refractivity contribution in [3.63, 3.8) is 0 Å². The lowest BCUT2D eigenvalue weighted by Crippen LogP contribution is -2.00. The van der Waals surface area contributed by atoms with Gasteiger partial charge in [0, 0.05) is 33.7 Å². The first kappa shape index (κ1) is 36.7. The maximum atomic E-state index is 5.10. The number of aromatic nitrogens is 4. The van der Waals surface area contributed by atoms with Gasteiger partial charge >= 0.3 is 0 Å². The monoisotopic (exact) mass is 790 g/mol. The van der Waals surface area contributed by atoms with Crippen molar-refractivity contribution in [2.24, 2.45) is 0 Å². The highest BCUT2D eigenvalue weighted by Crippen LogP contribution is 2.37. The maximum Gasteiger partial charge on any atom is 0.164 e. The topological polar surface area (TPSA) is 51.6 Å². The minimum atomic E-state index is 0.622. The molecule has 11 rings (SSSR count). The number of pyridine rings is 1. The average Bonchev–Trinajstić information content (AvgIpc) is 3.37. The van der Waals surface area contributed by atoms with Gasteiger partial charge in [-0.2, -0.15) is 0 Å². The summed E-state index contributed by atoms with van der Waals surface area (Å²) in [5, 5.41) is 3.50. The van der Waals surface area contributed by atoms with Crippen molar-refractivity contribution in [2.75, 3.05) is 0 Å². The second kappa shape index (κ2) is 16.0. The summed E-state index contributed by atoms with van der Waals surface area (Å²) in [5.74, 6) is 1.88. The maximum absolute atomic E-state index is 5.10. The standard InChI is InChI=1S/C58H38N4/c1-3-12-39(13-4-1)41-27-31-45(32-28-41)56-60-57(46-33-29-42(30-34-46)40-14-5-2-6-15-40)62-58(61-56)51-19-10-17-48(37-51)44-25-23-43(24-26-44)47-16-9-18-49(36-47)54-38-50-20-11-35-59-55(50)53-22-8-7-21-52(53)54/h1-38H. The highest BCUT2D eigenvalue weighted by atomic mass is 15.0. The summed E-state index contributed by atoms with van der Waals surface area (Å²) in [7, 11) is 0. The molecule has 0 aliphatic heterocycles. The quantitative estimate of drug-likeness (QED) is 0.144. The Kier molecular flexibility index (Phi) is 9.49. The van der Waals surface area contributed by atoms with Crippen LogP contribution in [0.3, 0.4) is 0 Å². The van der Waals surface area contributed by atoms with E-state index in [1.54, 1.807) is 0 Å². The summed E-state index contributed by atoms with van der Waals surface area (Å²) in [6, 6.07) is 78.8. The van der Waals surface area contributed by atoms with Gasteiger partial charge in [-0.25, -0.2) is 15.0 Å². The van der Waals surface area contributed by atoms with Crippen LogP contribution in [0.4, 0.5) is 0 Å². The van der Waals surface area contributed by atoms with Gasteiger partial charge in [-0.3, -0.25) is 4.98 Å². The van der Waals surface area contributed by atoms with Crippen LogP contribution < -0.4 is 0 Å². The van der Waals surface area contributed by atoms with Gasteiger partial charge in [-0.15, -0.1) is 0 Å². The van der Waals surface area contributed by atoms with Crippen LogP contribution in [0, 0.1) is 0 Å². The molecule has 0 amide bonds. The molecule has 0 unspecified atom stereocenters. The van der Waals surface area contributed by atoms with Crippen molar-refractivity contribution >= 4 is 21.7 Å². The third-order valence-electron chi connectivity index (χ3n) is 11.6. The Morgan fingerprint density at radius 2 is 0.629 bits per heavy atom. The molecule has 62 heavy (non-hydrogen) atoms. The highest BCUT2D eigenvalue weighted by Gasteiger charge is 2.15. The molecular weight excluding hydrogens is 753 g/mol. The van der Waals surface area contributed by atoms with Crippen molar-refractivity contribution in [2.45, 2.75) is 0 Å². The van der Waals surface area contributed by atoms with E-state index in [0.29, 0.717) is 17.5 Å². The summed E-state index contributed by atoms with van der Waals surface area (Å²) in [5.41, 5.74) is 15.3. The van der Waals surface area contributed by atoms with E-state index in [1.807, 2.05) is 24.4 Å². The molecule has 9 aromatic carbocycles. The van der Waals surface area contributed by atoms with Gasteiger partial charge in [0.25, 0.3) is 0 Å². The lowest BCUT2D eigenvalue weighted by molar-refractivity contribution is 1.07. The fourth-order valence-electron chi connectivity index (χ4n) is 8.36. The van der Waals surface area contributed by atoms with Gasteiger partial charge in [-0.05, 0) is 85.3 Å². The minimum Gasteiger partial charge on any atom is -0.256 e. The SMILES string of the molecule is c1ccc(-c2ccc(-c3nc(-c4ccc(-c5ccccc5)cc4)nc(-c4cccc(-c5ccc(-c6cccc(-c7cc8cccnc8c8ccccc78)c6)cc5)c4)n3)cc2)cc1. The zero-order chi connectivity index (χ0) is 41.2. The molecule has 0 saturated heterocycles. The van der Waals surface area contributed by atoms with Crippen LogP contribution >= 0.6 is 0 Å². The summed E-state index contributed by atoms with van der Waals surface area (Å²) in [4.78, 5) is 20.0. The van der Waals surface area contributed by atoms with E-state index in [1.165, 1.54) is 27.6 Å². The van der Waals surface area contributed by atoms with Gasteiger partial charge in [0.15, 0.2) is 17.5 Å². The largest absolute Gasteiger partial charge is 0.256 e. The molecule has 0 radical (unpaired) electrons. The molecule has 0 saturated carbocycles. The molecular formula is C58H38N4. The number of nitrogens with zero attached hydrogens (tertiary/aromatic N) is 4. The summed E-state index contributed by atoms with van der Waals surface area (Å²) in [6.07, 6.45) is 1.87. The predicted molar refractivity (Wildman–Crippen MR) is 256 cm³/mol. The number of rotatable bonds is 8. The van der Waals surface area contributed by atoms with Crippen molar-refractivity contribution in [3.8, 4) is 89.8 Å². The lowest BCUT2D eigenvalue weighted by Gasteiger charge is -2.12. The van der Waals surface area contributed by atoms with Gasteiger partial charge < -0.3 is 0 Å². The molecule has 4 nitrogen and oxygen atoms in total. The Bertz CT molecular complexity index is 3260. The summed E-state index contributed by atoms with van der Waals surface area (Å²) in [6.45, 7) is 0. The van der Waals surface area contributed by atoms with E-state index in [4.69, 9.17) is 19.9 Å². The Hall–Kier alpha value is -8.34. The van der Waals surface area contributed by atoms with Crippen molar-refractivity contribution < 1.29 is 0 Å². The van der Waals surface area contributed by atoms with Gasteiger partial charge in [0.05, 0.1) is 5.52 Å². The molecule has 0 spiro atoms. The Morgan fingerprint density at radius 3 is 1.18 bits per heavy atom. The van der Waals surface area contributed by atoms with Crippen molar-refractivity contribution in [3.05, 3.63) is 231 Å². The minimum absolute atomic E-state index is 0.622. The van der Waals surface area contributed by atoms with Crippen LogP contribution in [-0.2, 0) is 0 Å². The van der Waals surface area contributed by atoms with E-state index < -0.39 is 0 Å². The Morgan fingerprint density at radius 1 is 0.242 bits per heavy atom. The number of hydrogen-bond acceptors (Lipinski definition) is 4. The van der Waals surface area contributed by atoms with Crippen molar-refractivity contribution in [1.82, 2.24) is 19.9 Å². The third kappa shape index (κ3) is 7.20. The van der Waals surface area contributed by atoms with Crippen LogP contribution in [0.15, 0.2) is 231 Å². The first-order valence-corrected chi connectivity index (χ1v) is 20.9. The van der Waals surface area contributed by atoms with E-state index in [0.717, 1.165) is 66.4 Å². The molecule has 0 bridgehead atoms. The zero-order valence-corrected chi connectivity index (χ0v) is 33.7. The zero-order valence-electron chi connectivity index (χ0n) is 33.7. The summed E-state index contributed by atoms with van der Waals surface area (Å²) >= 11 is 0. The molecule has 0 atom stereocenters. The van der Waals surface area contributed by atoms with E-state index in [9.17, 15) is 0 Å².